The Labute approximate surface area is 195 Å². The molecule has 1 unspecified atom stereocenters. The highest BCUT2D eigenvalue weighted by Crippen LogP contribution is 2.43. The number of rotatable bonds is 5. The molecule has 2 heterocycles. The van der Waals surface area contributed by atoms with Crippen LogP contribution in [-0.4, -0.2) is 35.6 Å². The summed E-state index contributed by atoms with van der Waals surface area (Å²) >= 11 is 0. The van der Waals surface area contributed by atoms with Crippen LogP contribution in [0.25, 0.3) is 0 Å². The molecule has 0 N–H and O–H groups in total. The lowest BCUT2D eigenvalue weighted by molar-refractivity contribution is 0.128. The normalized spacial score (nSPS) is 17.2. The lowest BCUT2D eigenvalue weighted by Crippen LogP contribution is -2.60. The van der Waals surface area contributed by atoms with Gasteiger partial charge in [0.05, 0.1) is 5.54 Å². The average molecular weight is 438 g/mol. The van der Waals surface area contributed by atoms with E-state index in [-0.39, 0.29) is 6.04 Å². The largest absolute Gasteiger partial charge is 0.351 e. The fourth-order valence-corrected chi connectivity index (χ4v) is 5.25. The molecule has 33 heavy (non-hydrogen) atoms. The number of halogens is 1. The van der Waals surface area contributed by atoms with Crippen molar-refractivity contribution in [2.45, 2.75) is 18.5 Å². The van der Waals surface area contributed by atoms with E-state index in [1.54, 1.807) is 6.07 Å². The lowest BCUT2D eigenvalue weighted by atomic mass is 9.75. The predicted molar refractivity (Wildman–Crippen MR) is 132 cm³/mol. The lowest BCUT2D eigenvalue weighted by Gasteiger charge is -2.51. The average Bonchev–Trinajstić information content (AvgIpc) is 2.87. The highest BCUT2D eigenvalue weighted by Gasteiger charge is 2.44. The van der Waals surface area contributed by atoms with Gasteiger partial charge in [-0.15, -0.1) is 0 Å². The van der Waals surface area contributed by atoms with Crippen LogP contribution in [0.15, 0.2) is 109 Å². The van der Waals surface area contributed by atoms with Gasteiger partial charge in [0.25, 0.3) is 0 Å². The van der Waals surface area contributed by atoms with Crippen molar-refractivity contribution in [3.8, 4) is 0 Å². The molecule has 1 fully saturated rings. The van der Waals surface area contributed by atoms with E-state index in [0.717, 1.165) is 19.6 Å². The van der Waals surface area contributed by atoms with Gasteiger partial charge in [-0.1, -0.05) is 97.1 Å². The van der Waals surface area contributed by atoms with Crippen LogP contribution in [-0.2, 0) is 5.54 Å². The molecule has 166 valence electrons. The van der Waals surface area contributed by atoms with E-state index in [0.29, 0.717) is 5.82 Å². The Hall–Kier alpha value is -3.50. The van der Waals surface area contributed by atoms with Crippen molar-refractivity contribution in [1.29, 1.82) is 0 Å². The van der Waals surface area contributed by atoms with Gasteiger partial charge in [0.15, 0.2) is 0 Å². The molecule has 4 heteroatoms. The van der Waals surface area contributed by atoms with E-state index < -0.39 is 11.5 Å². The van der Waals surface area contributed by atoms with E-state index in [2.05, 4.69) is 113 Å². The minimum absolute atomic E-state index is 0.170. The van der Waals surface area contributed by atoms with Crippen LogP contribution < -0.4 is 4.90 Å². The van der Waals surface area contributed by atoms with Crippen molar-refractivity contribution < 1.29 is 4.39 Å². The number of anilines is 1. The topological polar surface area (TPSA) is 19.4 Å². The molecule has 1 aliphatic heterocycles. The molecule has 0 radical (unpaired) electrons. The Morgan fingerprint density at radius 2 is 1.21 bits per heavy atom. The molecule has 1 saturated heterocycles. The Morgan fingerprint density at radius 1 is 0.697 bits per heavy atom. The standard InChI is InChI=1S/C29H28FN3/c1-23-22-32(20-21-33(23)28-19-11-18-27(30)31-28)29(24-12-5-2-6-13-24,25-14-7-3-8-15-25)26-16-9-4-10-17-26/h2-19,23H,20-22H2,1H3. The van der Waals surface area contributed by atoms with Crippen LogP contribution >= 0.6 is 0 Å². The van der Waals surface area contributed by atoms with Crippen molar-refractivity contribution in [1.82, 2.24) is 9.88 Å². The maximum atomic E-state index is 13.8. The zero-order valence-electron chi connectivity index (χ0n) is 18.8. The Kier molecular flexibility index (Phi) is 5.93. The molecule has 5 rings (SSSR count). The highest BCUT2D eigenvalue weighted by atomic mass is 19.1. The second-order valence-corrected chi connectivity index (χ2v) is 8.62. The maximum Gasteiger partial charge on any atom is 0.214 e. The summed E-state index contributed by atoms with van der Waals surface area (Å²) in [7, 11) is 0. The highest BCUT2D eigenvalue weighted by molar-refractivity contribution is 5.50. The van der Waals surface area contributed by atoms with Crippen LogP contribution in [0, 0.1) is 5.95 Å². The third kappa shape index (κ3) is 3.91. The van der Waals surface area contributed by atoms with E-state index in [4.69, 9.17) is 0 Å². The van der Waals surface area contributed by atoms with E-state index in [9.17, 15) is 4.39 Å². The molecule has 0 amide bonds. The maximum absolute atomic E-state index is 13.8. The third-order valence-corrected chi connectivity index (χ3v) is 6.67. The first-order valence-corrected chi connectivity index (χ1v) is 11.5. The van der Waals surface area contributed by atoms with Crippen molar-refractivity contribution in [3.05, 3.63) is 132 Å². The van der Waals surface area contributed by atoms with Gasteiger partial charge in [-0.05, 0) is 35.7 Å². The van der Waals surface area contributed by atoms with E-state index in [1.165, 1.54) is 22.8 Å². The molecule has 3 nitrogen and oxygen atoms in total. The van der Waals surface area contributed by atoms with Gasteiger partial charge >= 0.3 is 0 Å². The molecular formula is C29H28FN3. The van der Waals surface area contributed by atoms with Crippen LogP contribution in [0.4, 0.5) is 10.2 Å². The van der Waals surface area contributed by atoms with Crippen LogP contribution in [0.3, 0.4) is 0 Å². The third-order valence-electron chi connectivity index (χ3n) is 6.67. The zero-order chi connectivity index (χ0) is 22.7. The Balaban J connectivity index is 1.63. The summed E-state index contributed by atoms with van der Waals surface area (Å²) in [6.45, 7) is 4.61. The molecule has 1 aliphatic rings. The van der Waals surface area contributed by atoms with Gasteiger partial charge in [-0.2, -0.15) is 4.39 Å². The molecule has 1 atom stereocenters. The number of nitrogens with zero attached hydrogens (tertiary/aromatic N) is 3. The minimum atomic E-state index is -0.436. The number of aromatic nitrogens is 1. The fraction of sp³-hybridized carbons (Fsp3) is 0.207. The van der Waals surface area contributed by atoms with Crippen LogP contribution in [0.1, 0.15) is 23.6 Å². The van der Waals surface area contributed by atoms with Crippen LogP contribution in [0.2, 0.25) is 0 Å². The molecule has 4 aromatic rings. The van der Waals surface area contributed by atoms with Gasteiger partial charge in [-0.3, -0.25) is 4.90 Å². The molecule has 0 bridgehead atoms. The summed E-state index contributed by atoms with van der Waals surface area (Å²) in [5.41, 5.74) is 3.30. The van der Waals surface area contributed by atoms with Crippen molar-refractivity contribution in [2.75, 3.05) is 24.5 Å². The summed E-state index contributed by atoms with van der Waals surface area (Å²) in [5, 5.41) is 0. The second kappa shape index (κ2) is 9.16. The predicted octanol–water partition coefficient (Wildman–Crippen LogP) is 5.72. The second-order valence-electron chi connectivity index (χ2n) is 8.62. The summed E-state index contributed by atoms with van der Waals surface area (Å²) < 4.78 is 13.8. The molecule has 1 aromatic heterocycles. The van der Waals surface area contributed by atoms with Crippen LogP contribution in [0.5, 0.6) is 0 Å². The van der Waals surface area contributed by atoms with E-state index >= 15 is 0 Å². The van der Waals surface area contributed by atoms with Gasteiger partial charge in [0.1, 0.15) is 5.82 Å². The number of benzene rings is 3. The summed E-state index contributed by atoms with van der Waals surface area (Å²) in [4.78, 5) is 8.94. The number of pyridine rings is 1. The molecule has 0 aliphatic carbocycles. The van der Waals surface area contributed by atoms with Gasteiger partial charge in [0.2, 0.25) is 5.95 Å². The van der Waals surface area contributed by atoms with Gasteiger partial charge in [-0.25, -0.2) is 4.98 Å². The minimum Gasteiger partial charge on any atom is -0.351 e. The molecule has 3 aromatic carbocycles. The van der Waals surface area contributed by atoms with Gasteiger partial charge in [0, 0.05) is 25.7 Å². The monoisotopic (exact) mass is 437 g/mol. The fourth-order valence-electron chi connectivity index (χ4n) is 5.25. The number of hydrogen-bond donors (Lipinski definition) is 0. The first-order chi connectivity index (χ1) is 16.2. The van der Waals surface area contributed by atoms with Crippen molar-refractivity contribution >= 4 is 5.82 Å². The van der Waals surface area contributed by atoms with Crippen molar-refractivity contribution in [2.24, 2.45) is 0 Å². The summed E-state index contributed by atoms with van der Waals surface area (Å²) in [5.74, 6) is 0.265. The van der Waals surface area contributed by atoms with Crippen molar-refractivity contribution in [3.63, 3.8) is 0 Å². The first-order valence-electron chi connectivity index (χ1n) is 11.5. The Morgan fingerprint density at radius 3 is 1.67 bits per heavy atom. The Bertz CT molecular complexity index is 1080. The summed E-state index contributed by atoms with van der Waals surface area (Å²) in [6.07, 6.45) is 0. The number of piperazine rings is 1. The smallest absolute Gasteiger partial charge is 0.214 e. The van der Waals surface area contributed by atoms with Gasteiger partial charge < -0.3 is 4.90 Å². The molecule has 0 saturated carbocycles. The molecule has 0 spiro atoms. The summed E-state index contributed by atoms with van der Waals surface area (Å²) in [6, 6.07) is 37.5. The molecular weight excluding hydrogens is 409 g/mol. The first kappa shape index (κ1) is 21.4. The quantitative estimate of drug-likeness (QED) is 0.294. The zero-order valence-corrected chi connectivity index (χ0v) is 18.8. The van der Waals surface area contributed by atoms with E-state index in [1.807, 2.05) is 6.07 Å². The number of hydrogen-bond acceptors (Lipinski definition) is 3. The SMILES string of the molecule is CC1CN(C(c2ccccc2)(c2ccccc2)c2ccccc2)CCN1c1cccc(F)n1.